The Morgan fingerprint density at radius 1 is 0.235 bits per heavy atom. The molecule has 0 fully saturated rings. The molecule has 16 aromatic rings. The van der Waals surface area contributed by atoms with Crippen LogP contribution in [0, 0.1) is 74.5 Å². The first-order valence-electron chi connectivity index (χ1n) is 39.0. The lowest BCUT2D eigenvalue weighted by molar-refractivity contribution is -0.394. The van der Waals surface area contributed by atoms with Crippen LogP contribution in [0.4, 0.5) is 56.9 Å². The summed E-state index contributed by atoms with van der Waals surface area (Å²) in [6, 6.07) is 90.4. The SMILES string of the molecule is Cc1ccc(Sc2ccc(C)cc2-c2c(N)cccc2Cl)c(-c2c(N)cccc2Cl)c1.Nc1ccc(-c2cccc(Sc3cccc(-c4ccc(N)cc4)c3Cl)c2Cl)cc1.O=[N+]([O-])c1ccc(-c2cc(Cl)ccc2Sc2ccc(Cl)cc2-c2ccc([N+](=O)[O-])cc2[N+](=O)[O-])c([N+](=O)[O-])c1.O=[N+]([O-])c1ccc(-c2cccc(Sc3cccc(-c4ccc([N+](=O)[O-])cc4)c3Cl)c2Cl)cc1. The highest BCUT2D eigenvalue weighted by Crippen LogP contribution is 2.52. The van der Waals surface area contributed by atoms with Gasteiger partial charge in [-0.15, -0.1) is 0 Å². The molecule has 16 rings (SSSR count). The highest BCUT2D eigenvalue weighted by molar-refractivity contribution is 8.00. The number of nitrogen functional groups attached to an aromatic ring is 4. The van der Waals surface area contributed by atoms with Crippen LogP contribution >= 0.6 is 140 Å². The molecule has 0 amide bonds. The van der Waals surface area contributed by atoms with Crippen LogP contribution in [0.15, 0.2) is 355 Å². The van der Waals surface area contributed by atoms with Gasteiger partial charge in [-0.3, -0.25) is 60.7 Å². The number of hydrogen-bond donors (Lipinski definition) is 4. The van der Waals surface area contributed by atoms with Crippen molar-refractivity contribution < 1.29 is 29.5 Å². The summed E-state index contributed by atoms with van der Waals surface area (Å²) < 4.78 is 0. The van der Waals surface area contributed by atoms with Crippen LogP contribution in [0.5, 0.6) is 0 Å². The van der Waals surface area contributed by atoms with Crippen LogP contribution in [-0.4, -0.2) is 29.5 Å². The van der Waals surface area contributed by atoms with Crippen molar-refractivity contribution in [2.45, 2.75) is 53.0 Å². The van der Waals surface area contributed by atoms with Gasteiger partial charge in [0.1, 0.15) is 0 Å². The van der Waals surface area contributed by atoms with Crippen molar-refractivity contribution >= 4 is 197 Å². The first-order chi connectivity index (χ1) is 63.2. The molecule has 0 aromatic heterocycles. The molecular weight excluding hydrogens is 1920 g/mol. The number of nitrogens with zero attached hydrogens (tertiary/aromatic N) is 6. The topological polar surface area (TPSA) is 363 Å². The Kier molecular flexibility index (Phi) is 31.6. The lowest BCUT2D eigenvalue weighted by Gasteiger charge is -2.17. The number of aryl methyl sites for hydroxylation is 2. The van der Waals surface area contributed by atoms with E-state index < -0.39 is 52.3 Å². The van der Waals surface area contributed by atoms with E-state index in [1.807, 2.05) is 158 Å². The molecule has 34 heteroatoms. The van der Waals surface area contributed by atoms with E-state index in [4.69, 9.17) is 116 Å². The van der Waals surface area contributed by atoms with Crippen LogP contribution in [0.1, 0.15) is 11.1 Å². The van der Waals surface area contributed by atoms with Crippen LogP contribution < -0.4 is 22.9 Å². The van der Waals surface area contributed by atoms with Gasteiger partial charge < -0.3 is 22.9 Å². The van der Waals surface area contributed by atoms with E-state index >= 15 is 0 Å². The molecule has 0 spiro atoms. The second-order valence-corrected chi connectivity index (χ2v) is 36.4. The molecule has 0 aliphatic rings. The maximum Gasteiger partial charge on any atom is 0.284 e. The molecule has 132 heavy (non-hydrogen) atoms. The van der Waals surface area contributed by atoms with Crippen molar-refractivity contribution in [3.8, 4) is 89.0 Å². The average molecular weight is 1990 g/mol. The standard InChI is InChI=1S/C26H22Cl2N2S.C24H12Cl2N4O8S.C24H14Cl2N2O4S.C24H18Cl2N2S/c1-15-9-11-23(17(13-15)25-19(27)5-3-7-21(25)29)31-24-12-10-16(2)14-18(24)26-20(28)6-4-8-22(26)30;25-13-1-7-23(19(9-13)17-5-3-15(27(31)32)11-21(17)29(35)36)39-24-8-2-14(26)10-20(24)18-6-4-16(28(33)34)12-22(18)30(37)38;25-23-19(15-7-11-17(12-8-15)27(29)30)3-1-5-21(23)33-22-6-2-4-20(24(22)26)16-9-13-18(14-10-16)28(31)32;25-23-19(15-7-11-17(27)12-8-15)3-1-5-21(23)29-22-6-2-4-20(24(22)26)16-9-13-18(28)14-10-16/h3-14H,29-30H2,1-2H3;1-12H;1-14H;1-14H,27-28H2. The molecule has 0 radical (unpaired) electrons. The number of anilines is 4. The van der Waals surface area contributed by atoms with Gasteiger partial charge in [0.2, 0.25) is 0 Å². The Labute approximate surface area is 811 Å². The van der Waals surface area contributed by atoms with Gasteiger partial charge in [0.05, 0.1) is 82.9 Å². The van der Waals surface area contributed by atoms with Crippen LogP contribution in [0.3, 0.4) is 0 Å². The lowest BCUT2D eigenvalue weighted by atomic mass is 10.0. The molecule has 0 atom stereocenters. The van der Waals surface area contributed by atoms with Gasteiger partial charge in [0.25, 0.3) is 34.1 Å². The zero-order chi connectivity index (χ0) is 94.5. The minimum Gasteiger partial charge on any atom is -0.399 e. The first-order valence-corrected chi connectivity index (χ1v) is 45.3. The van der Waals surface area contributed by atoms with E-state index in [0.717, 1.165) is 155 Å². The number of non-ortho nitro benzene ring substituents is 4. The van der Waals surface area contributed by atoms with E-state index in [-0.39, 0.29) is 43.7 Å². The van der Waals surface area contributed by atoms with Gasteiger partial charge in [-0.1, -0.05) is 260 Å². The van der Waals surface area contributed by atoms with Crippen molar-refractivity contribution in [3.05, 3.63) is 427 Å². The van der Waals surface area contributed by atoms with Crippen molar-refractivity contribution in [1.29, 1.82) is 0 Å². The van der Waals surface area contributed by atoms with E-state index in [2.05, 4.69) is 50.2 Å². The maximum absolute atomic E-state index is 11.8. The van der Waals surface area contributed by atoms with E-state index in [1.54, 1.807) is 59.9 Å². The van der Waals surface area contributed by atoms with Crippen molar-refractivity contribution in [2.75, 3.05) is 22.9 Å². The molecule has 22 nitrogen and oxygen atoms in total. The van der Waals surface area contributed by atoms with Gasteiger partial charge in [0.15, 0.2) is 0 Å². The van der Waals surface area contributed by atoms with Crippen LogP contribution in [-0.2, 0) is 0 Å². The Bertz CT molecular complexity index is 6740. The number of rotatable bonds is 22. The number of nitrogens with two attached hydrogens (primary N) is 4. The van der Waals surface area contributed by atoms with Gasteiger partial charge in [-0.25, -0.2) is 0 Å². The normalized spacial score (nSPS) is 10.8. The third-order valence-corrected chi connectivity index (χ3v) is 27.8. The predicted molar refractivity (Wildman–Crippen MR) is 539 cm³/mol. The highest BCUT2D eigenvalue weighted by Gasteiger charge is 2.28. The largest absolute Gasteiger partial charge is 0.399 e. The zero-order valence-corrected chi connectivity index (χ0v) is 77.9. The molecule has 0 aliphatic carbocycles. The maximum atomic E-state index is 11.8. The third-order valence-electron chi connectivity index (χ3n) is 20.1. The minimum atomic E-state index is -0.749. The second-order valence-electron chi connectivity index (χ2n) is 28.9. The molecule has 0 saturated carbocycles. The molecule has 0 aliphatic heterocycles. The van der Waals surface area contributed by atoms with E-state index in [9.17, 15) is 60.7 Å². The Hall–Kier alpha value is -13.2. The minimum absolute atomic E-state index is 0.00948. The summed E-state index contributed by atoms with van der Waals surface area (Å²) in [4.78, 5) is 70.3. The van der Waals surface area contributed by atoms with Gasteiger partial charge in [-0.05, 0) is 205 Å². The molecule has 0 saturated heterocycles. The lowest BCUT2D eigenvalue weighted by Crippen LogP contribution is -1.97. The summed E-state index contributed by atoms with van der Waals surface area (Å²) in [5, 5.41) is 71.9. The fourth-order valence-electron chi connectivity index (χ4n) is 13.7. The Morgan fingerprint density at radius 2 is 0.500 bits per heavy atom. The molecule has 0 unspecified atom stereocenters. The number of hydrogen-bond acceptors (Lipinski definition) is 20. The quantitative estimate of drug-likeness (QED) is 0.0278. The summed E-state index contributed by atoms with van der Waals surface area (Å²) in [5.74, 6) is 0. The first kappa shape index (κ1) is 96.4. The van der Waals surface area contributed by atoms with Crippen LogP contribution in [0.25, 0.3) is 89.0 Å². The van der Waals surface area contributed by atoms with Gasteiger partial charge >= 0.3 is 0 Å². The van der Waals surface area contributed by atoms with Crippen molar-refractivity contribution in [3.63, 3.8) is 0 Å². The summed E-state index contributed by atoms with van der Waals surface area (Å²) >= 11 is 58.1. The molecular formula is C98H66Cl8N10O12S4. The number of halogens is 8. The molecule has 0 bridgehead atoms. The molecule has 0 heterocycles. The molecule has 660 valence electrons. The summed E-state index contributed by atoms with van der Waals surface area (Å²) in [6.07, 6.45) is 0. The van der Waals surface area contributed by atoms with Gasteiger partial charge in [0, 0.05) is 153 Å². The fourth-order valence-corrected chi connectivity index (χ4v) is 20.0. The number of benzene rings is 16. The second kappa shape index (κ2) is 43.3. The van der Waals surface area contributed by atoms with Crippen LogP contribution in [0.2, 0.25) is 40.2 Å². The average Bonchev–Trinajstić information content (AvgIpc) is 0.724. The number of nitro groups is 6. The van der Waals surface area contributed by atoms with Crippen molar-refractivity contribution in [2.24, 2.45) is 0 Å². The highest BCUT2D eigenvalue weighted by atomic mass is 35.5. The zero-order valence-electron chi connectivity index (χ0n) is 68.6. The molecule has 8 N–H and O–H groups in total. The van der Waals surface area contributed by atoms with Crippen molar-refractivity contribution in [1.82, 2.24) is 0 Å². The summed E-state index contributed by atoms with van der Waals surface area (Å²) in [5.41, 5.74) is 38.7. The third kappa shape index (κ3) is 23.0. The smallest absolute Gasteiger partial charge is 0.284 e. The molecule has 16 aromatic carbocycles. The van der Waals surface area contributed by atoms with Gasteiger partial charge in [-0.2, -0.15) is 0 Å². The Balaban J connectivity index is 0.000000150. The summed E-state index contributed by atoms with van der Waals surface area (Å²) in [7, 11) is 0. The Morgan fingerprint density at radius 3 is 0.788 bits per heavy atom. The fraction of sp³-hybridized carbons (Fsp3) is 0.0204. The predicted octanol–water partition coefficient (Wildman–Crippen LogP) is 32.3. The number of nitro benzene ring substituents is 6. The monoisotopic (exact) mass is 1980 g/mol. The summed E-state index contributed by atoms with van der Waals surface area (Å²) in [6.45, 7) is 4.12. The van der Waals surface area contributed by atoms with E-state index in [0.29, 0.717) is 51.3 Å². The van der Waals surface area contributed by atoms with E-state index in [1.165, 1.54) is 72.4 Å².